The quantitative estimate of drug-likeness (QED) is 0.454. The van der Waals surface area contributed by atoms with Crippen LogP contribution in [0.1, 0.15) is 69.8 Å². The number of halogens is 2. The maximum atomic E-state index is 14.1. The van der Waals surface area contributed by atoms with Crippen molar-refractivity contribution in [3.63, 3.8) is 0 Å². The van der Waals surface area contributed by atoms with Gasteiger partial charge in [0.05, 0.1) is 0 Å². The van der Waals surface area contributed by atoms with Gasteiger partial charge in [0, 0.05) is 16.2 Å². The average molecular weight is 404 g/mol. The van der Waals surface area contributed by atoms with Crippen molar-refractivity contribution in [1.29, 1.82) is 0 Å². The topological polar surface area (TPSA) is 12.9 Å². The van der Waals surface area contributed by atoms with Crippen molar-refractivity contribution in [3.05, 3.63) is 52.4 Å². The number of hydrogen-bond donors (Lipinski definition) is 0. The summed E-state index contributed by atoms with van der Waals surface area (Å²) in [7, 11) is 0. The third-order valence-electron chi connectivity index (χ3n) is 5.53. The molecule has 1 saturated carbocycles. The lowest BCUT2D eigenvalue weighted by Crippen LogP contribution is -2.13. The van der Waals surface area contributed by atoms with Gasteiger partial charge in [-0.3, -0.25) is 4.98 Å². The molecule has 2 aromatic rings. The molecule has 0 saturated heterocycles. The van der Waals surface area contributed by atoms with E-state index in [1.165, 1.54) is 63.0 Å². The number of nitrogens with zero attached hydrogens (tertiary/aromatic N) is 1. The van der Waals surface area contributed by atoms with Crippen LogP contribution in [0.5, 0.6) is 0 Å². The molecule has 1 heterocycles. The highest BCUT2D eigenvalue weighted by atomic mass is 79.9. The van der Waals surface area contributed by atoms with Crippen LogP contribution in [-0.2, 0) is 0 Å². The van der Waals surface area contributed by atoms with Gasteiger partial charge in [-0.05, 0) is 65.1 Å². The molecule has 1 fully saturated rings. The van der Waals surface area contributed by atoms with Crippen LogP contribution in [0.2, 0.25) is 0 Å². The molecule has 1 aromatic carbocycles. The summed E-state index contributed by atoms with van der Waals surface area (Å²) >= 11 is 3.25. The van der Waals surface area contributed by atoms with Gasteiger partial charge in [-0.15, -0.1) is 0 Å². The summed E-state index contributed by atoms with van der Waals surface area (Å²) in [5.74, 6) is 1.32. The molecule has 0 unspecified atom stereocenters. The van der Waals surface area contributed by atoms with Gasteiger partial charge >= 0.3 is 0 Å². The van der Waals surface area contributed by atoms with Gasteiger partial charge in [0.2, 0.25) is 0 Å². The summed E-state index contributed by atoms with van der Waals surface area (Å²) in [6.07, 6.45) is 12.4. The van der Waals surface area contributed by atoms with E-state index >= 15 is 0 Å². The van der Waals surface area contributed by atoms with Crippen molar-refractivity contribution in [1.82, 2.24) is 4.98 Å². The van der Waals surface area contributed by atoms with Crippen molar-refractivity contribution in [2.24, 2.45) is 5.92 Å². The van der Waals surface area contributed by atoms with Crippen LogP contribution in [0, 0.1) is 11.7 Å². The van der Waals surface area contributed by atoms with Gasteiger partial charge in [-0.2, -0.15) is 0 Å². The number of pyridine rings is 1. The SMILES string of the molecule is CCCCCC1CCC(c2ccc(-c3ncc(Br)cc3F)cc2)CC1. The molecule has 1 aromatic heterocycles. The fraction of sp³-hybridized carbons (Fsp3) is 0.500. The summed E-state index contributed by atoms with van der Waals surface area (Å²) in [5.41, 5.74) is 2.67. The van der Waals surface area contributed by atoms with Gasteiger partial charge in [-0.1, -0.05) is 56.9 Å². The Morgan fingerprint density at radius 2 is 1.80 bits per heavy atom. The van der Waals surface area contributed by atoms with E-state index in [1.807, 2.05) is 12.1 Å². The van der Waals surface area contributed by atoms with Crippen LogP contribution in [0.25, 0.3) is 11.3 Å². The Morgan fingerprint density at radius 3 is 2.44 bits per heavy atom. The Balaban J connectivity index is 1.60. The van der Waals surface area contributed by atoms with Gasteiger partial charge in [-0.25, -0.2) is 4.39 Å². The lowest BCUT2D eigenvalue weighted by Gasteiger charge is -2.29. The molecule has 1 aliphatic carbocycles. The van der Waals surface area contributed by atoms with Crippen LogP contribution in [0.15, 0.2) is 41.0 Å². The fourth-order valence-electron chi connectivity index (χ4n) is 4.01. The Hall–Kier alpha value is -1.22. The number of aromatic nitrogens is 1. The minimum atomic E-state index is -0.283. The van der Waals surface area contributed by atoms with Gasteiger partial charge in [0.25, 0.3) is 0 Å². The third kappa shape index (κ3) is 4.91. The Labute approximate surface area is 159 Å². The van der Waals surface area contributed by atoms with E-state index in [1.54, 1.807) is 6.20 Å². The van der Waals surface area contributed by atoms with Crippen LogP contribution >= 0.6 is 15.9 Å². The largest absolute Gasteiger partial charge is 0.252 e. The molecule has 0 atom stereocenters. The zero-order chi connectivity index (χ0) is 17.6. The van der Waals surface area contributed by atoms with Crippen molar-refractivity contribution in [2.75, 3.05) is 0 Å². The Morgan fingerprint density at radius 1 is 1.08 bits per heavy atom. The Bertz CT molecular complexity index is 675. The number of benzene rings is 1. The molecule has 0 radical (unpaired) electrons. The molecule has 3 heteroatoms. The first-order chi connectivity index (χ1) is 12.2. The number of hydrogen-bond acceptors (Lipinski definition) is 1. The van der Waals surface area contributed by atoms with Crippen LogP contribution in [-0.4, -0.2) is 4.98 Å². The molecule has 1 aliphatic rings. The smallest absolute Gasteiger partial charge is 0.150 e. The highest BCUT2D eigenvalue weighted by Crippen LogP contribution is 2.38. The van der Waals surface area contributed by atoms with E-state index in [4.69, 9.17) is 0 Å². The monoisotopic (exact) mass is 403 g/mol. The molecule has 0 aliphatic heterocycles. The number of unbranched alkanes of at least 4 members (excludes halogenated alkanes) is 2. The normalized spacial score (nSPS) is 20.6. The highest BCUT2D eigenvalue weighted by molar-refractivity contribution is 9.10. The maximum absolute atomic E-state index is 14.1. The predicted octanol–water partition coefficient (Wildman–Crippen LogP) is 7.50. The molecule has 0 N–H and O–H groups in total. The molecule has 25 heavy (non-hydrogen) atoms. The van der Waals surface area contributed by atoms with Gasteiger partial charge < -0.3 is 0 Å². The van der Waals surface area contributed by atoms with Gasteiger partial charge in [0.1, 0.15) is 5.69 Å². The minimum absolute atomic E-state index is 0.283. The van der Waals surface area contributed by atoms with Crippen molar-refractivity contribution >= 4 is 15.9 Å². The van der Waals surface area contributed by atoms with E-state index in [-0.39, 0.29) is 5.82 Å². The third-order valence-corrected chi connectivity index (χ3v) is 5.96. The van der Waals surface area contributed by atoms with Crippen LogP contribution in [0.4, 0.5) is 4.39 Å². The first-order valence-electron chi connectivity index (χ1n) is 9.58. The first kappa shape index (κ1) is 18.6. The molecule has 0 amide bonds. The molecule has 134 valence electrons. The van der Waals surface area contributed by atoms with Crippen LogP contribution < -0.4 is 0 Å². The standard InChI is InChI=1S/C22H27BrFN/c1-2-3-4-5-16-6-8-17(9-7-16)18-10-12-19(13-11-18)22-21(24)14-20(23)15-25-22/h10-17H,2-9H2,1H3. The van der Waals surface area contributed by atoms with E-state index in [0.29, 0.717) is 16.1 Å². The van der Waals surface area contributed by atoms with Crippen molar-refractivity contribution in [3.8, 4) is 11.3 Å². The zero-order valence-electron chi connectivity index (χ0n) is 15.0. The second-order valence-corrected chi connectivity index (χ2v) is 8.24. The lowest BCUT2D eigenvalue weighted by atomic mass is 9.77. The summed E-state index contributed by atoms with van der Waals surface area (Å²) < 4.78 is 14.7. The summed E-state index contributed by atoms with van der Waals surface area (Å²) in [5, 5.41) is 0. The van der Waals surface area contributed by atoms with E-state index in [2.05, 4.69) is 40.0 Å². The second-order valence-electron chi connectivity index (χ2n) is 7.32. The first-order valence-corrected chi connectivity index (χ1v) is 10.4. The minimum Gasteiger partial charge on any atom is -0.252 e. The summed E-state index contributed by atoms with van der Waals surface area (Å²) in [4.78, 5) is 4.21. The zero-order valence-corrected chi connectivity index (χ0v) is 16.6. The highest BCUT2D eigenvalue weighted by Gasteiger charge is 2.22. The number of rotatable bonds is 6. The van der Waals surface area contributed by atoms with E-state index < -0.39 is 0 Å². The molecule has 1 nitrogen and oxygen atoms in total. The predicted molar refractivity (Wildman–Crippen MR) is 106 cm³/mol. The molecule has 0 spiro atoms. The molecular weight excluding hydrogens is 377 g/mol. The second kappa shape index (κ2) is 8.93. The lowest BCUT2D eigenvalue weighted by molar-refractivity contribution is 0.303. The van der Waals surface area contributed by atoms with Crippen molar-refractivity contribution in [2.45, 2.75) is 64.2 Å². The summed E-state index contributed by atoms with van der Waals surface area (Å²) in [6, 6.07) is 9.83. The maximum Gasteiger partial charge on any atom is 0.150 e. The van der Waals surface area contributed by atoms with E-state index in [9.17, 15) is 4.39 Å². The summed E-state index contributed by atoms with van der Waals surface area (Å²) in [6.45, 7) is 2.27. The molecule has 3 rings (SSSR count). The van der Waals surface area contributed by atoms with Crippen LogP contribution in [0.3, 0.4) is 0 Å². The molecule has 0 bridgehead atoms. The Kier molecular flexibility index (Phi) is 6.63. The van der Waals surface area contributed by atoms with E-state index in [0.717, 1.165) is 11.5 Å². The van der Waals surface area contributed by atoms with Crippen molar-refractivity contribution < 1.29 is 4.39 Å². The van der Waals surface area contributed by atoms with Gasteiger partial charge in [0.15, 0.2) is 5.82 Å². The molecular formula is C22H27BrFN. The average Bonchev–Trinajstić information content (AvgIpc) is 2.63. The fourth-order valence-corrected chi connectivity index (χ4v) is 4.31.